The Morgan fingerprint density at radius 1 is 1.14 bits per heavy atom. The van der Waals surface area contributed by atoms with Crippen molar-refractivity contribution in [1.82, 2.24) is 19.7 Å². The van der Waals surface area contributed by atoms with E-state index in [1.807, 2.05) is 24.8 Å². The predicted molar refractivity (Wildman–Crippen MR) is 137 cm³/mol. The van der Waals surface area contributed by atoms with Crippen LogP contribution in [0.15, 0.2) is 53.7 Å². The summed E-state index contributed by atoms with van der Waals surface area (Å²) in [6.07, 6.45) is 2.60. The van der Waals surface area contributed by atoms with Crippen LogP contribution in [-0.4, -0.2) is 48.0 Å². The van der Waals surface area contributed by atoms with Crippen molar-refractivity contribution < 1.29 is 17.9 Å². The van der Waals surface area contributed by atoms with Crippen LogP contribution < -0.4 is 20.1 Å². The molecule has 3 N–H and O–H groups in total. The van der Waals surface area contributed by atoms with Crippen LogP contribution in [-0.2, 0) is 10.0 Å². The van der Waals surface area contributed by atoms with E-state index in [2.05, 4.69) is 28.5 Å². The highest BCUT2D eigenvalue weighted by Gasteiger charge is 2.32. The molecule has 1 aliphatic rings. The summed E-state index contributed by atoms with van der Waals surface area (Å²) in [4.78, 5) is 28.2. The van der Waals surface area contributed by atoms with Gasteiger partial charge in [-0.25, -0.2) is 19.7 Å². The van der Waals surface area contributed by atoms with Crippen molar-refractivity contribution in [2.24, 2.45) is 5.92 Å². The minimum atomic E-state index is -4.23. The number of nitrogen functional groups attached to an aromatic ring is 1. The summed E-state index contributed by atoms with van der Waals surface area (Å²) in [7, 11) is -4.23. The average Bonchev–Trinajstić information content (AvgIpc) is 3.16. The van der Waals surface area contributed by atoms with E-state index >= 15 is 0 Å². The molecule has 0 radical (unpaired) electrons. The highest BCUT2D eigenvalue weighted by atomic mass is 32.2. The smallest absolute Gasteiger partial charge is 0.281 e. The minimum Gasteiger partial charge on any atom is -0.475 e. The first-order valence-electron chi connectivity index (χ1n) is 11.8. The van der Waals surface area contributed by atoms with Crippen LogP contribution in [0.1, 0.15) is 44.5 Å². The molecule has 4 rings (SSSR count). The molecular formula is C25H30N6O4S. The molecule has 1 fully saturated rings. The first-order valence-corrected chi connectivity index (χ1v) is 13.2. The third kappa shape index (κ3) is 5.40. The van der Waals surface area contributed by atoms with Crippen LogP contribution >= 0.6 is 0 Å². The number of sulfonamides is 1. The minimum absolute atomic E-state index is 0.00308. The van der Waals surface area contributed by atoms with E-state index in [0.29, 0.717) is 29.9 Å². The molecule has 0 aliphatic carbocycles. The van der Waals surface area contributed by atoms with Crippen LogP contribution in [0.25, 0.3) is 11.3 Å². The number of amides is 1. The summed E-state index contributed by atoms with van der Waals surface area (Å²) in [6.45, 7) is 8.76. The highest BCUT2D eigenvalue weighted by Crippen LogP contribution is 2.32. The van der Waals surface area contributed by atoms with E-state index in [9.17, 15) is 13.2 Å². The molecule has 0 spiro atoms. The summed E-state index contributed by atoms with van der Waals surface area (Å²) in [5, 5.41) is -0.333. The summed E-state index contributed by atoms with van der Waals surface area (Å²) in [5.41, 5.74) is 7.13. The Kier molecular flexibility index (Phi) is 7.11. The molecule has 0 aromatic carbocycles. The van der Waals surface area contributed by atoms with Gasteiger partial charge in [-0.1, -0.05) is 13.0 Å². The standard InChI is InChI=1S/C25H30N6O4S/c1-15(2)35-22-11-8-18(14-27-22)20-10-9-19(24(28-20)31-13-12-16(3)17(31)4)25(32)30-36(33,34)23-7-5-6-21(26)29-23/h5-11,14-17H,12-13H2,1-4H3,(H2,26,29)(H,30,32)/t16-,17-/m1/s1. The summed E-state index contributed by atoms with van der Waals surface area (Å²) < 4.78 is 33.3. The van der Waals surface area contributed by atoms with Crippen molar-refractivity contribution in [3.8, 4) is 17.1 Å². The topological polar surface area (TPSA) is 140 Å². The van der Waals surface area contributed by atoms with Gasteiger partial charge in [0.2, 0.25) is 5.88 Å². The van der Waals surface area contributed by atoms with Gasteiger partial charge in [0.1, 0.15) is 11.6 Å². The molecule has 11 heteroatoms. The van der Waals surface area contributed by atoms with Gasteiger partial charge in [0.05, 0.1) is 17.4 Å². The molecule has 0 unspecified atom stereocenters. The number of carbonyl (C=O) groups is 1. The van der Waals surface area contributed by atoms with Gasteiger partial charge in [-0.15, -0.1) is 0 Å². The average molecular weight is 511 g/mol. The number of rotatable bonds is 7. The lowest BCUT2D eigenvalue weighted by atomic mass is 10.0. The van der Waals surface area contributed by atoms with Crippen molar-refractivity contribution in [1.29, 1.82) is 0 Å². The number of carbonyl (C=O) groups excluding carboxylic acids is 1. The Balaban J connectivity index is 1.70. The quantitative estimate of drug-likeness (QED) is 0.490. The maximum Gasteiger partial charge on any atom is 0.281 e. The van der Waals surface area contributed by atoms with Gasteiger partial charge in [-0.3, -0.25) is 4.79 Å². The van der Waals surface area contributed by atoms with E-state index < -0.39 is 15.9 Å². The summed E-state index contributed by atoms with van der Waals surface area (Å²) >= 11 is 0. The molecule has 1 aliphatic heterocycles. The Morgan fingerprint density at radius 2 is 1.92 bits per heavy atom. The molecule has 0 saturated carbocycles. The van der Waals surface area contributed by atoms with E-state index in [4.69, 9.17) is 15.5 Å². The lowest BCUT2D eigenvalue weighted by Gasteiger charge is -2.27. The molecule has 190 valence electrons. The number of hydrogen-bond acceptors (Lipinski definition) is 9. The molecule has 36 heavy (non-hydrogen) atoms. The monoisotopic (exact) mass is 510 g/mol. The number of hydrogen-bond donors (Lipinski definition) is 2. The molecule has 0 bridgehead atoms. The first kappa shape index (κ1) is 25.4. The first-order chi connectivity index (χ1) is 17.0. The molecule has 3 aromatic heterocycles. The van der Waals surface area contributed by atoms with Gasteiger partial charge in [-0.2, -0.15) is 8.42 Å². The summed E-state index contributed by atoms with van der Waals surface area (Å²) in [6, 6.07) is 11.2. The van der Waals surface area contributed by atoms with Gasteiger partial charge < -0.3 is 15.4 Å². The van der Waals surface area contributed by atoms with E-state index in [-0.39, 0.29) is 28.6 Å². The number of anilines is 2. The van der Waals surface area contributed by atoms with Gasteiger partial charge in [0, 0.05) is 30.4 Å². The Bertz CT molecular complexity index is 1360. The lowest BCUT2D eigenvalue weighted by molar-refractivity contribution is 0.0981. The van der Waals surface area contributed by atoms with Crippen LogP contribution in [0.2, 0.25) is 0 Å². The number of aromatic nitrogens is 3. The second-order valence-electron chi connectivity index (χ2n) is 9.15. The molecule has 4 heterocycles. The van der Waals surface area contributed by atoms with Gasteiger partial charge >= 0.3 is 0 Å². The normalized spacial score (nSPS) is 17.9. The van der Waals surface area contributed by atoms with Crippen molar-refractivity contribution >= 4 is 27.6 Å². The maximum atomic E-state index is 13.2. The SMILES string of the molecule is CC(C)Oc1ccc(-c2ccc(C(=O)NS(=O)(=O)c3cccc(N)n3)c(N3CC[C@@H](C)[C@H]3C)n2)cn1. The third-order valence-electron chi connectivity index (χ3n) is 6.17. The summed E-state index contributed by atoms with van der Waals surface area (Å²) in [5.74, 6) is 0.558. The fourth-order valence-electron chi connectivity index (χ4n) is 4.05. The largest absolute Gasteiger partial charge is 0.475 e. The second kappa shape index (κ2) is 10.1. The second-order valence-corrected chi connectivity index (χ2v) is 10.8. The number of pyridine rings is 3. The fraction of sp³-hybridized carbons (Fsp3) is 0.360. The van der Waals surface area contributed by atoms with Gasteiger partial charge in [0.15, 0.2) is 5.03 Å². The maximum absolute atomic E-state index is 13.2. The molecule has 1 amide bonds. The molecule has 10 nitrogen and oxygen atoms in total. The van der Waals surface area contributed by atoms with E-state index in [1.165, 1.54) is 18.2 Å². The van der Waals surface area contributed by atoms with Crippen LogP contribution in [0.4, 0.5) is 11.6 Å². The van der Waals surface area contributed by atoms with Crippen LogP contribution in [0.3, 0.4) is 0 Å². The fourth-order valence-corrected chi connectivity index (χ4v) is 4.99. The number of nitrogens with two attached hydrogens (primary N) is 1. The number of ether oxygens (including phenoxy) is 1. The van der Waals surface area contributed by atoms with Crippen molar-refractivity contribution in [2.45, 2.75) is 51.3 Å². The number of nitrogens with one attached hydrogen (secondary N) is 1. The Hall–Kier alpha value is -3.73. The highest BCUT2D eigenvalue weighted by molar-refractivity contribution is 7.90. The third-order valence-corrected chi connectivity index (χ3v) is 7.40. The van der Waals surface area contributed by atoms with E-state index in [1.54, 1.807) is 24.4 Å². The number of nitrogens with zero attached hydrogens (tertiary/aromatic N) is 4. The van der Waals surface area contributed by atoms with Crippen molar-refractivity contribution in [2.75, 3.05) is 17.2 Å². The lowest BCUT2D eigenvalue weighted by Crippen LogP contribution is -2.35. The van der Waals surface area contributed by atoms with Crippen molar-refractivity contribution in [3.05, 3.63) is 54.2 Å². The molecule has 1 saturated heterocycles. The van der Waals surface area contributed by atoms with Gasteiger partial charge in [0.25, 0.3) is 15.9 Å². The van der Waals surface area contributed by atoms with Crippen molar-refractivity contribution in [3.63, 3.8) is 0 Å². The van der Waals surface area contributed by atoms with E-state index in [0.717, 1.165) is 12.0 Å². The zero-order valence-corrected chi connectivity index (χ0v) is 21.5. The molecule has 2 atom stereocenters. The van der Waals surface area contributed by atoms with Gasteiger partial charge in [-0.05, 0) is 63.4 Å². The molecular weight excluding hydrogens is 480 g/mol. The Morgan fingerprint density at radius 3 is 2.53 bits per heavy atom. The Labute approximate surface area is 211 Å². The van der Waals surface area contributed by atoms with Crippen LogP contribution in [0.5, 0.6) is 5.88 Å². The molecule has 3 aromatic rings. The zero-order chi connectivity index (χ0) is 26.0. The zero-order valence-electron chi connectivity index (χ0n) is 20.7. The van der Waals surface area contributed by atoms with Crippen LogP contribution in [0, 0.1) is 5.92 Å². The predicted octanol–water partition coefficient (Wildman–Crippen LogP) is 3.26.